The summed E-state index contributed by atoms with van der Waals surface area (Å²) in [4.78, 5) is 28.2. The van der Waals surface area contributed by atoms with Gasteiger partial charge < -0.3 is 19.9 Å². The summed E-state index contributed by atoms with van der Waals surface area (Å²) in [5, 5.41) is 11.7. The first kappa shape index (κ1) is 19.9. The molecule has 0 saturated carbocycles. The van der Waals surface area contributed by atoms with Gasteiger partial charge in [-0.3, -0.25) is 9.59 Å². The standard InChI is InChI=1S/C18H19BrN2O5/c1-11(23)13(9-22)20-18(24)16-17(14(25-2)8-15(19)21-16)26-10-12-6-4-3-5-7-12/h3-8,13,22H,9-10H2,1-2H3,(H,20,24). The number of aliphatic hydroxyl groups is 1. The Morgan fingerprint density at radius 2 is 2.00 bits per heavy atom. The maximum atomic E-state index is 12.6. The molecule has 2 N–H and O–H groups in total. The smallest absolute Gasteiger partial charge is 0.274 e. The predicted molar refractivity (Wildman–Crippen MR) is 98.3 cm³/mol. The summed E-state index contributed by atoms with van der Waals surface area (Å²) in [5.74, 6) is -0.551. The number of hydrogen-bond acceptors (Lipinski definition) is 6. The number of amides is 1. The first-order chi connectivity index (χ1) is 12.5. The predicted octanol–water partition coefficient (Wildman–Crippen LogP) is 2.11. The number of benzene rings is 1. The highest BCUT2D eigenvalue weighted by Crippen LogP contribution is 2.33. The molecule has 1 amide bonds. The Hall–Kier alpha value is -2.45. The number of Topliss-reactive ketones (excluding diaryl/α,β-unsaturated/α-hetero) is 1. The second-order valence-electron chi connectivity index (χ2n) is 5.42. The summed E-state index contributed by atoms with van der Waals surface area (Å²) in [7, 11) is 1.45. The van der Waals surface area contributed by atoms with E-state index < -0.39 is 18.6 Å². The van der Waals surface area contributed by atoms with E-state index in [0.29, 0.717) is 10.4 Å². The first-order valence-electron chi connectivity index (χ1n) is 7.79. The highest BCUT2D eigenvalue weighted by atomic mass is 79.9. The number of nitrogens with zero attached hydrogens (tertiary/aromatic N) is 1. The fourth-order valence-corrected chi connectivity index (χ4v) is 2.54. The van der Waals surface area contributed by atoms with E-state index in [-0.39, 0.29) is 23.8 Å². The van der Waals surface area contributed by atoms with Gasteiger partial charge in [0, 0.05) is 6.07 Å². The van der Waals surface area contributed by atoms with E-state index in [1.54, 1.807) is 6.07 Å². The van der Waals surface area contributed by atoms with Gasteiger partial charge >= 0.3 is 0 Å². The number of carbonyl (C=O) groups is 2. The average Bonchev–Trinajstić information content (AvgIpc) is 2.64. The van der Waals surface area contributed by atoms with Crippen LogP contribution in [0.1, 0.15) is 23.0 Å². The number of ether oxygens (including phenoxy) is 2. The fraction of sp³-hybridized carbons (Fsp3) is 0.278. The van der Waals surface area contributed by atoms with Crippen molar-refractivity contribution in [2.45, 2.75) is 19.6 Å². The minimum absolute atomic E-state index is 0.0492. The van der Waals surface area contributed by atoms with Crippen molar-refractivity contribution < 1.29 is 24.2 Å². The summed E-state index contributed by atoms with van der Waals surface area (Å²) >= 11 is 3.22. The van der Waals surface area contributed by atoms with Crippen LogP contribution in [-0.4, -0.2) is 41.5 Å². The van der Waals surface area contributed by atoms with Crippen molar-refractivity contribution in [3.8, 4) is 11.5 Å². The number of aromatic nitrogens is 1. The molecule has 1 unspecified atom stereocenters. The molecule has 0 bridgehead atoms. The van der Waals surface area contributed by atoms with Gasteiger partial charge in [-0.05, 0) is 28.4 Å². The lowest BCUT2D eigenvalue weighted by Crippen LogP contribution is -2.42. The molecule has 1 atom stereocenters. The van der Waals surface area contributed by atoms with E-state index in [4.69, 9.17) is 9.47 Å². The average molecular weight is 423 g/mol. The quantitative estimate of drug-likeness (QED) is 0.632. The summed E-state index contributed by atoms with van der Waals surface area (Å²) in [5.41, 5.74) is 0.854. The summed E-state index contributed by atoms with van der Waals surface area (Å²) < 4.78 is 11.4. The molecule has 2 aromatic rings. The number of pyridine rings is 1. The molecule has 26 heavy (non-hydrogen) atoms. The van der Waals surface area contributed by atoms with Crippen molar-refractivity contribution in [2.24, 2.45) is 0 Å². The monoisotopic (exact) mass is 422 g/mol. The van der Waals surface area contributed by atoms with E-state index in [1.165, 1.54) is 14.0 Å². The number of halogens is 1. The summed E-state index contributed by atoms with van der Waals surface area (Å²) in [6.07, 6.45) is 0. The molecule has 0 saturated heterocycles. The molecular formula is C18H19BrN2O5. The van der Waals surface area contributed by atoms with Crippen molar-refractivity contribution in [1.29, 1.82) is 0 Å². The second-order valence-corrected chi connectivity index (χ2v) is 6.23. The van der Waals surface area contributed by atoms with Gasteiger partial charge in [0.25, 0.3) is 5.91 Å². The van der Waals surface area contributed by atoms with Crippen LogP contribution in [0.2, 0.25) is 0 Å². The maximum absolute atomic E-state index is 12.6. The van der Waals surface area contributed by atoms with E-state index in [0.717, 1.165) is 5.56 Å². The lowest BCUT2D eigenvalue weighted by molar-refractivity contribution is -0.119. The van der Waals surface area contributed by atoms with Crippen molar-refractivity contribution in [3.05, 3.63) is 52.3 Å². The molecule has 2 rings (SSSR count). The number of methoxy groups -OCH3 is 1. The summed E-state index contributed by atoms with van der Waals surface area (Å²) in [6.45, 7) is 0.978. The van der Waals surface area contributed by atoms with Crippen LogP contribution in [0.3, 0.4) is 0 Å². The summed E-state index contributed by atoms with van der Waals surface area (Å²) in [6, 6.07) is 9.97. The Morgan fingerprint density at radius 1 is 1.31 bits per heavy atom. The normalized spacial score (nSPS) is 11.5. The Balaban J connectivity index is 2.32. The van der Waals surface area contributed by atoms with E-state index in [9.17, 15) is 14.7 Å². The van der Waals surface area contributed by atoms with Crippen LogP contribution >= 0.6 is 15.9 Å². The highest BCUT2D eigenvalue weighted by Gasteiger charge is 2.24. The Kier molecular flexibility index (Phi) is 7.11. The van der Waals surface area contributed by atoms with Crippen LogP contribution < -0.4 is 14.8 Å². The number of aliphatic hydroxyl groups excluding tert-OH is 1. The topological polar surface area (TPSA) is 97.8 Å². The van der Waals surface area contributed by atoms with Crippen LogP contribution in [0.4, 0.5) is 0 Å². The molecule has 0 aliphatic rings. The number of hydrogen-bond donors (Lipinski definition) is 2. The van der Waals surface area contributed by atoms with Crippen LogP contribution in [0, 0.1) is 0 Å². The van der Waals surface area contributed by atoms with Gasteiger partial charge in [0.15, 0.2) is 23.0 Å². The van der Waals surface area contributed by atoms with Crippen molar-refractivity contribution in [3.63, 3.8) is 0 Å². The molecule has 0 aliphatic carbocycles. The van der Waals surface area contributed by atoms with Crippen LogP contribution in [0.15, 0.2) is 41.0 Å². The third-order valence-corrected chi connectivity index (χ3v) is 3.95. The Morgan fingerprint density at radius 3 is 2.58 bits per heavy atom. The van der Waals surface area contributed by atoms with E-state index >= 15 is 0 Å². The van der Waals surface area contributed by atoms with Gasteiger partial charge in [0.05, 0.1) is 13.7 Å². The molecule has 1 heterocycles. The minimum Gasteiger partial charge on any atom is -0.493 e. The van der Waals surface area contributed by atoms with Crippen molar-refractivity contribution in [1.82, 2.24) is 10.3 Å². The lowest BCUT2D eigenvalue weighted by Gasteiger charge is -2.17. The molecule has 0 aliphatic heterocycles. The van der Waals surface area contributed by atoms with Gasteiger partial charge in [-0.15, -0.1) is 0 Å². The number of ketones is 1. The van der Waals surface area contributed by atoms with Gasteiger partial charge in [-0.25, -0.2) is 4.98 Å². The van der Waals surface area contributed by atoms with Crippen LogP contribution in [0.5, 0.6) is 11.5 Å². The highest BCUT2D eigenvalue weighted by molar-refractivity contribution is 9.10. The Labute approximate surface area is 159 Å². The van der Waals surface area contributed by atoms with Crippen molar-refractivity contribution >= 4 is 27.6 Å². The Bertz CT molecular complexity index is 783. The van der Waals surface area contributed by atoms with Gasteiger partial charge in [0.2, 0.25) is 0 Å². The first-order valence-corrected chi connectivity index (χ1v) is 8.59. The van der Waals surface area contributed by atoms with Crippen molar-refractivity contribution in [2.75, 3.05) is 13.7 Å². The molecular weight excluding hydrogens is 404 g/mol. The molecule has 0 fully saturated rings. The zero-order valence-electron chi connectivity index (χ0n) is 14.4. The molecule has 1 aromatic carbocycles. The van der Waals surface area contributed by atoms with E-state index in [2.05, 4.69) is 26.2 Å². The number of nitrogens with one attached hydrogen (secondary N) is 1. The molecule has 1 aromatic heterocycles. The SMILES string of the molecule is COc1cc(Br)nc(C(=O)NC(CO)C(C)=O)c1OCc1ccccc1. The molecule has 8 heteroatoms. The van der Waals surface area contributed by atoms with Crippen LogP contribution in [0.25, 0.3) is 0 Å². The van der Waals surface area contributed by atoms with Gasteiger partial charge in [0.1, 0.15) is 17.3 Å². The zero-order chi connectivity index (χ0) is 19.1. The molecule has 7 nitrogen and oxygen atoms in total. The van der Waals surface area contributed by atoms with Crippen LogP contribution in [-0.2, 0) is 11.4 Å². The third-order valence-electron chi connectivity index (χ3n) is 3.55. The second kappa shape index (κ2) is 9.30. The lowest BCUT2D eigenvalue weighted by atomic mass is 10.2. The van der Waals surface area contributed by atoms with Gasteiger partial charge in [-0.2, -0.15) is 0 Å². The van der Waals surface area contributed by atoms with E-state index in [1.807, 2.05) is 30.3 Å². The van der Waals surface area contributed by atoms with Gasteiger partial charge in [-0.1, -0.05) is 30.3 Å². The third kappa shape index (κ3) is 5.03. The zero-order valence-corrected chi connectivity index (χ0v) is 15.9. The number of rotatable bonds is 8. The largest absolute Gasteiger partial charge is 0.493 e. The number of carbonyl (C=O) groups excluding carboxylic acids is 2. The fourth-order valence-electron chi connectivity index (χ4n) is 2.16. The molecule has 0 radical (unpaired) electrons. The maximum Gasteiger partial charge on any atom is 0.274 e. The minimum atomic E-state index is -1.02. The molecule has 0 spiro atoms. The molecule has 138 valence electrons.